The van der Waals surface area contributed by atoms with E-state index < -0.39 is 4.92 Å². The molecule has 1 amide bonds. The van der Waals surface area contributed by atoms with Crippen LogP contribution in [0.3, 0.4) is 0 Å². The van der Waals surface area contributed by atoms with Gasteiger partial charge in [-0.1, -0.05) is 35.6 Å². The Morgan fingerprint density at radius 2 is 2.03 bits per heavy atom. The van der Waals surface area contributed by atoms with Crippen LogP contribution >= 0.6 is 11.3 Å². The second kappa shape index (κ2) is 7.64. The van der Waals surface area contributed by atoms with Crippen LogP contribution in [-0.2, 0) is 4.79 Å². The monoisotopic (exact) mass is 405 g/mol. The molecule has 0 radical (unpaired) electrons. The Morgan fingerprint density at radius 1 is 1.21 bits per heavy atom. The van der Waals surface area contributed by atoms with Crippen molar-refractivity contribution in [1.29, 1.82) is 0 Å². The molecular formula is C20H15N5O3S. The molecule has 9 heteroatoms. The lowest BCUT2D eigenvalue weighted by Crippen LogP contribution is -2.12. The lowest BCUT2D eigenvalue weighted by Gasteiger charge is -2.04. The number of nitro groups is 1. The van der Waals surface area contributed by atoms with E-state index in [2.05, 4.69) is 15.4 Å². The highest BCUT2D eigenvalue weighted by Crippen LogP contribution is 2.27. The second-order valence-corrected chi connectivity index (χ2v) is 7.23. The highest BCUT2D eigenvalue weighted by Gasteiger charge is 2.13. The Hall–Kier alpha value is -3.85. The fourth-order valence-electron chi connectivity index (χ4n) is 2.77. The Bertz CT molecular complexity index is 1220. The number of benzene rings is 2. The number of nitro benzene ring substituents is 1. The minimum absolute atomic E-state index is 0.0305. The molecule has 1 N–H and O–H groups in total. The molecule has 0 bridgehead atoms. The van der Waals surface area contributed by atoms with Gasteiger partial charge in [-0.2, -0.15) is 9.78 Å². The van der Waals surface area contributed by atoms with E-state index in [0.717, 1.165) is 15.9 Å². The molecule has 0 aliphatic heterocycles. The summed E-state index contributed by atoms with van der Waals surface area (Å²) in [6, 6.07) is 15.6. The van der Waals surface area contributed by atoms with Crippen molar-refractivity contribution < 1.29 is 9.72 Å². The second-order valence-electron chi connectivity index (χ2n) is 6.22. The van der Waals surface area contributed by atoms with E-state index in [0.29, 0.717) is 16.5 Å². The molecule has 144 valence electrons. The average molecular weight is 405 g/mol. The first kappa shape index (κ1) is 18.5. The van der Waals surface area contributed by atoms with Gasteiger partial charge in [0.1, 0.15) is 5.82 Å². The van der Waals surface area contributed by atoms with Crippen LogP contribution in [-0.4, -0.2) is 25.6 Å². The topological polar surface area (TPSA) is 103 Å². The van der Waals surface area contributed by atoms with Crippen LogP contribution < -0.4 is 5.32 Å². The van der Waals surface area contributed by atoms with E-state index in [1.807, 2.05) is 31.2 Å². The zero-order valence-corrected chi connectivity index (χ0v) is 16.1. The van der Waals surface area contributed by atoms with Crippen LogP contribution in [0.15, 0.2) is 60.7 Å². The van der Waals surface area contributed by atoms with Gasteiger partial charge in [-0.3, -0.25) is 14.9 Å². The van der Waals surface area contributed by atoms with Crippen LogP contribution in [0.1, 0.15) is 11.3 Å². The molecule has 0 aliphatic carbocycles. The molecule has 0 saturated carbocycles. The number of nitrogens with zero attached hydrogens (tertiary/aromatic N) is 4. The molecule has 0 atom stereocenters. The van der Waals surface area contributed by atoms with Crippen molar-refractivity contribution in [2.45, 2.75) is 6.92 Å². The molecule has 8 nitrogen and oxygen atoms in total. The maximum Gasteiger partial charge on any atom is 0.270 e. The third-order valence-corrected chi connectivity index (χ3v) is 5.07. The van der Waals surface area contributed by atoms with Gasteiger partial charge in [-0.25, -0.2) is 4.98 Å². The van der Waals surface area contributed by atoms with E-state index in [1.165, 1.54) is 35.6 Å². The number of aryl methyl sites for hydroxylation is 1. The van der Waals surface area contributed by atoms with Gasteiger partial charge in [0, 0.05) is 24.3 Å². The number of rotatable bonds is 5. The maximum atomic E-state index is 12.4. The fourth-order valence-corrected chi connectivity index (χ4v) is 3.70. The third-order valence-electron chi connectivity index (χ3n) is 4.05. The van der Waals surface area contributed by atoms with Gasteiger partial charge in [-0.15, -0.1) is 0 Å². The number of carbonyl (C=O) groups is 1. The molecule has 0 aliphatic rings. The molecule has 2 aromatic carbocycles. The Balaban J connectivity index is 1.56. The molecule has 0 saturated heterocycles. The first-order valence-corrected chi connectivity index (χ1v) is 9.47. The predicted molar refractivity (Wildman–Crippen MR) is 112 cm³/mol. The van der Waals surface area contributed by atoms with Crippen molar-refractivity contribution in [3.8, 4) is 5.13 Å². The van der Waals surface area contributed by atoms with E-state index in [-0.39, 0.29) is 11.6 Å². The number of nitrogens with one attached hydrogen (secondary N) is 1. The molecule has 2 aromatic heterocycles. The lowest BCUT2D eigenvalue weighted by atomic mass is 10.2. The van der Waals surface area contributed by atoms with Gasteiger partial charge >= 0.3 is 0 Å². The van der Waals surface area contributed by atoms with Crippen LogP contribution in [0, 0.1) is 17.0 Å². The average Bonchev–Trinajstić information content (AvgIpc) is 3.29. The van der Waals surface area contributed by atoms with E-state index in [4.69, 9.17) is 0 Å². The quantitative estimate of drug-likeness (QED) is 0.302. The molecule has 2 heterocycles. The summed E-state index contributed by atoms with van der Waals surface area (Å²) in [5.41, 5.74) is 2.13. The summed E-state index contributed by atoms with van der Waals surface area (Å²) in [5, 5.41) is 18.7. The van der Waals surface area contributed by atoms with Crippen molar-refractivity contribution in [3.63, 3.8) is 0 Å². The van der Waals surface area contributed by atoms with Gasteiger partial charge in [0.05, 0.1) is 20.8 Å². The number of para-hydroxylation sites is 1. The SMILES string of the molecule is Cc1cc(NC(=O)/C=C/c2cccc([N+](=O)[O-])c2)n(-c2nc3ccccc3s2)n1. The van der Waals surface area contributed by atoms with Crippen molar-refractivity contribution >= 4 is 45.0 Å². The summed E-state index contributed by atoms with van der Waals surface area (Å²) in [4.78, 5) is 27.3. The number of hydrogen-bond acceptors (Lipinski definition) is 6. The molecule has 4 rings (SSSR count). The predicted octanol–water partition coefficient (Wildman–Crippen LogP) is 4.35. The Morgan fingerprint density at radius 3 is 2.83 bits per heavy atom. The summed E-state index contributed by atoms with van der Waals surface area (Å²) in [6.07, 6.45) is 2.84. The number of amides is 1. The third kappa shape index (κ3) is 4.04. The number of hydrogen-bond donors (Lipinski definition) is 1. The molecule has 0 unspecified atom stereocenters. The van der Waals surface area contributed by atoms with Gasteiger partial charge in [-0.05, 0) is 30.7 Å². The van der Waals surface area contributed by atoms with E-state index in [9.17, 15) is 14.9 Å². The van der Waals surface area contributed by atoms with Gasteiger partial charge in [0.25, 0.3) is 5.69 Å². The maximum absolute atomic E-state index is 12.4. The van der Waals surface area contributed by atoms with Gasteiger partial charge < -0.3 is 5.32 Å². The van der Waals surface area contributed by atoms with Crippen LogP contribution in [0.4, 0.5) is 11.5 Å². The molecule has 4 aromatic rings. The first-order chi connectivity index (χ1) is 14.0. The van der Waals surface area contributed by atoms with Crippen molar-refractivity contribution in [2.75, 3.05) is 5.32 Å². The standard InChI is InChI=1S/C20H15N5O3S/c1-13-11-18(24(23-13)20-21-16-7-2-3-8-17(16)29-20)22-19(26)10-9-14-5-4-6-15(12-14)25(27)28/h2-12H,1H3,(H,22,26)/b10-9+. The minimum atomic E-state index is -0.475. The molecule has 29 heavy (non-hydrogen) atoms. The molecular weight excluding hydrogens is 390 g/mol. The summed E-state index contributed by atoms with van der Waals surface area (Å²) in [5.74, 6) is 0.119. The largest absolute Gasteiger partial charge is 0.307 e. The highest BCUT2D eigenvalue weighted by molar-refractivity contribution is 7.20. The summed E-state index contributed by atoms with van der Waals surface area (Å²) in [6.45, 7) is 1.83. The fraction of sp³-hybridized carbons (Fsp3) is 0.0500. The first-order valence-electron chi connectivity index (χ1n) is 8.66. The van der Waals surface area contributed by atoms with Crippen molar-refractivity contribution in [3.05, 3.63) is 82.0 Å². The molecule has 0 fully saturated rings. The number of thiazole rings is 1. The van der Waals surface area contributed by atoms with Crippen molar-refractivity contribution in [2.24, 2.45) is 0 Å². The van der Waals surface area contributed by atoms with Gasteiger partial charge in [0.2, 0.25) is 11.0 Å². The molecule has 0 spiro atoms. The normalized spacial score (nSPS) is 11.2. The number of fused-ring (bicyclic) bond motifs is 1. The van der Waals surface area contributed by atoms with Crippen LogP contribution in [0.5, 0.6) is 0 Å². The minimum Gasteiger partial charge on any atom is -0.307 e. The Kier molecular flexibility index (Phi) is 4.88. The van der Waals surface area contributed by atoms with Crippen LogP contribution in [0.25, 0.3) is 21.4 Å². The zero-order chi connectivity index (χ0) is 20.4. The number of non-ortho nitro benzene ring substituents is 1. The number of aromatic nitrogens is 3. The smallest absolute Gasteiger partial charge is 0.270 e. The zero-order valence-electron chi connectivity index (χ0n) is 15.3. The van der Waals surface area contributed by atoms with Crippen molar-refractivity contribution in [1.82, 2.24) is 14.8 Å². The lowest BCUT2D eigenvalue weighted by molar-refractivity contribution is -0.384. The van der Waals surface area contributed by atoms with E-state index in [1.54, 1.807) is 22.9 Å². The summed E-state index contributed by atoms with van der Waals surface area (Å²) < 4.78 is 2.62. The highest BCUT2D eigenvalue weighted by atomic mass is 32.1. The summed E-state index contributed by atoms with van der Waals surface area (Å²) >= 11 is 1.48. The van der Waals surface area contributed by atoms with Gasteiger partial charge in [0.15, 0.2) is 0 Å². The van der Waals surface area contributed by atoms with Crippen LogP contribution in [0.2, 0.25) is 0 Å². The summed E-state index contributed by atoms with van der Waals surface area (Å²) in [7, 11) is 0. The Labute approximate surface area is 169 Å². The van der Waals surface area contributed by atoms with E-state index >= 15 is 0 Å². The number of carbonyl (C=O) groups excluding carboxylic acids is 1. The number of anilines is 1.